The minimum atomic E-state index is -0.0127. The number of nitrogens with two attached hydrogens (primary N) is 1. The Morgan fingerprint density at radius 1 is 1.23 bits per heavy atom. The standard InChI is InChI=1S/C16H18N4O2/c17-16(20-15-7-3-4-9-18-15)19-10-8-12-11-21-13-5-1-2-6-14(13)22-12/h1-7,9,12H,8,10-11H2,(H3,17,18,19,20). The summed E-state index contributed by atoms with van der Waals surface area (Å²) in [5, 5.41) is 2.94. The molecule has 22 heavy (non-hydrogen) atoms. The topological polar surface area (TPSA) is 81.8 Å². The Labute approximate surface area is 129 Å². The van der Waals surface area contributed by atoms with E-state index in [2.05, 4.69) is 15.3 Å². The number of ether oxygens (including phenoxy) is 2. The quantitative estimate of drug-likeness (QED) is 0.667. The molecule has 0 aliphatic carbocycles. The number of aromatic nitrogens is 1. The molecule has 6 heteroatoms. The van der Waals surface area contributed by atoms with E-state index in [-0.39, 0.29) is 6.10 Å². The van der Waals surface area contributed by atoms with E-state index in [4.69, 9.17) is 15.2 Å². The number of para-hydroxylation sites is 2. The average Bonchev–Trinajstić information content (AvgIpc) is 2.55. The third-order valence-corrected chi connectivity index (χ3v) is 3.22. The SMILES string of the molecule is NC(=NCCC1COc2ccccc2O1)Nc1ccccn1. The molecular weight excluding hydrogens is 280 g/mol. The molecule has 1 unspecified atom stereocenters. The smallest absolute Gasteiger partial charge is 0.194 e. The molecule has 1 aliphatic rings. The second kappa shape index (κ2) is 6.80. The normalized spacial score (nSPS) is 17.1. The van der Waals surface area contributed by atoms with Gasteiger partial charge >= 0.3 is 0 Å². The summed E-state index contributed by atoms with van der Waals surface area (Å²) >= 11 is 0. The second-order valence-corrected chi connectivity index (χ2v) is 4.89. The van der Waals surface area contributed by atoms with Crippen molar-refractivity contribution in [3.8, 4) is 11.5 Å². The van der Waals surface area contributed by atoms with Crippen LogP contribution in [0.15, 0.2) is 53.7 Å². The Kier molecular flexibility index (Phi) is 4.38. The number of fused-ring (bicyclic) bond motifs is 1. The fourth-order valence-electron chi connectivity index (χ4n) is 2.14. The van der Waals surface area contributed by atoms with Crippen molar-refractivity contribution >= 4 is 11.8 Å². The first kappa shape index (κ1) is 14.2. The molecule has 1 aliphatic heterocycles. The van der Waals surface area contributed by atoms with Gasteiger partial charge in [-0.25, -0.2) is 4.98 Å². The van der Waals surface area contributed by atoms with Crippen molar-refractivity contribution in [1.82, 2.24) is 4.98 Å². The molecular formula is C16H18N4O2. The van der Waals surface area contributed by atoms with Gasteiger partial charge in [-0.1, -0.05) is 18.2 Å². The van der Waals surface area contributed by atoms with Crippen molar-refractivity contribution in [2.24, 2.45) is 10.7 Å². The maximum atomic E-state index is 5.86. The van der Waals surface area contributed by atoms with Gasteiger partial charge in [-0.05, 0) is 24.3 Å². The predicted octanol–water partition coefficient (Wildman–Crippen LogP) is 2.04. The van der Waals surface area contributed by atoms with Crippen molar-refractivity contribution in [3.05, 3.63) is 48.7 Å². The van der Waals surface area contributed by atoms with Crippen LogP contribution in [-0.2, 0) is 0 Å². The van der Waals surface area contributed by atoms with Gasteiger partial charge in [-0.15, -0.1) is 0 Å². The molecule has 0 spiro atoms. The molecule has 0 saturated heterocycles. The highest BCUT2D eigenvalue weighted by Crippen LogP contribution is 2.31. The van der Waals surface area contributed by atoms with Crippen LogP contribution >= 0.6 is 0 Å². The highest BCUT2D eigenvalue weighted by atomic mass is 16.6. The lowest BCUT2D eigenvalue weighted by Gasteiger charge is -2.25. The minimum Gasteiger partial charge on any atom is -0.486 e. The molecule has 2 aromatic rings. The molecule has 3 rings (SSSR count). The number of nitrogens with one attached hydrogen (secondary N) is 1. The van der Waals surface area contributed by atoms with Crippen molar-refractivity contribution in [3.63, 3.8) is 0 Å². The minimum absolute atomic E-state index is 0.0127. The second-order valence-electron chi connectivity index (χ2n) is 4.89. The van der Waals surface area contributed by atoms with Crippen LogP contribution in [0, 0.1) is 0 Å². The van der Waals surface area contributed by atoms with Crippen LogP contribution in [0.3, 0.4) is 0 Å². The van der Waals surface area contributed by atoms with Crippen molar-refractivity contribution in [2.75, 3.05) is 18.5 Å². The predicted molar refractivity (Wildman–Crippen MR) is 85.3 cm³/mol. The van der Waals surface area contributed by atoms with E-state index in [1.54, 1.807) is 6.20 Å². The van der Waals surface area contributed by atoms with E-state index in [0.717, 1.165) is 17.9 Å². The zero-order valence-corrected chi connectivity index (χ0v) is 12.1. The van der Waals surface area contributed by atoms with Gasteiger partial charge in [-0.2, -0.15) is 0 Å². The van der Waals surface area contributed by atoms with Crippen LogP contribution in [0.4, 0.5) is 5.82 Å². The maximum Gasteiger partial charge on any atom is 0.194 e. The third-order valence-electron chi connectivity index (χ3n) is 3.22. The molecule has 0 amide bonds. The fourth-order valence-corrected chi connectivity index (χ4v) is 2.14. The van der Waals surface area contributed by atoms with Crippen molar-refractivity contribution in [1.29, 1.82) is 0 Å². The molecule has 0 radical (unpaired) electrons. The van der Waals surface area contributed by atoms with Crippen LogP contribution < -0.4 is 20.5 Å². The average molecular weight is 298 g/mol. The molecule has 0 bridgehead atoms. The van der Waals surface area contributed by atoms with Crippen LogP contribution in [-0.4, -0.2) is 30.2 Å². The first-order chi connectivity index (χ1) is 10.8. The molecule has 0 saturated carbocycles. The van der Waals surface area contributed by atoms with Crippen LogP contribution in [0.25, 0.3) is 0 Å². The first-order valence-corrected chi connectivity index (χ1v) is 7.18. The largest absolute Gasteiger partial charge is 0.486 e. The molecule has 0 fully saturated rings. The van der Waals surface area contributed by atoms with Crippen LogP contribution in [0.2, 0.25) is 0 Å². The van der Waals surface area contributed by atoms with Gasteiger partial charge in [0.1, 0.15) is 18.5 Å². The number of anilines is 1. The number of hydrogen-bond donors (Lipinski definition) is 2. The zero-order chi connectivity index (χ0) is 15.2. The number of nitrogens with zero attached hydrogens (tertiary/aromatic N) is 2. The zero-order valence-electron chi connectivity index (χ0n) is 12.1. The summed E-state index contributed by atoms with van der Waals surface area (Å²) in [5.41, 5.74) is 5.82. The molecule has 2 heterocycles. The highest BCUT2D eigenvalue weighted by molar-refractivity contribution is 5.91. The molecule has 6 nitrogen and oxygen atoms in total. The van der Waals surface area contributed by atoms with E-state index in [9.17, 15) is 0 Å². The van der Waals surface area contributed by atoms with Crippen LogP contribution in [0.5, 0.6) is 11.5 Å². The summed E-state index contributed by atoms with van der Waals surface area (Å²) in [6.45, 7) is 1.09. The number of hydrogen-bond acceptors (Lipinski definition) is 4. The number of benzene rings is 1. The van der Waals surface area contributed by atoms with Gasteiger partial charge < -0.3 is 20.5 Å². The van der Waals surface area contributed by atoms with Crippen molar-refractivity contribution < 1.29 is 9.47 Å². The lowest BCUT2D eigenvalue weighted by molar-refractivity contribution is 0.0867. The first-order valence-electron chi connectivity index (χ1n) is 7.18. The summed E-state index contributed by atoms with van der Waals surface area (Å²) in [6, 6.07) is 13.2. The number of pyridine rings is 1. The molecule has 1 aromatic heterocycles. The lowest BCUT2D eigenvalue weighted by Crippen LogP contribution is -2.30. The molecule has 3 N–H and O–H groups in total. The third kappa shape index (κ3) is 3.66. The fraction of sp³-hybridized carbons (Fsp3) is 0.250. The maximum absolute atomic E-state index is 5.86. The number of aliphatic imine (C=N–C) groups is 1. The monoisotopic (exact) mass is 298 g/mol. The number of guanidine groups is 1. The highest BCUT2D eigenvalue weighted by Gasteiger charge is 2.19. The van der Waals surface area contributed by atoms with Gasteiger partial charge in [0.2, 0.25) is 0 Å². The summed E-state index contributed by atoms with van der Waals surface area (Å²) in [5.74, 6) is 2.59. The summed E-state index contributed by atoms with van der Waals surface area (Å²) in [6.07, 6.45) is 2.42. The van der Waals surface area contributed by atoms with Gasteiger partial charge in [0.05, 0.1) is 0 Å². The Balaban J connectivity index is 1.48. The van der Waals surface area contributed by atoms with E-state index >= 15 is 0 Å². The molecule has 1 aromatic carbocycles. The van der Waals surface area contributed by atoms with Crippen LogP contribution in [0.1, 0.15) is 6.42 Å². The summed E-state index contributed by atoms with van der Waals surface area (Å²) < 4.78 is 11.5. The Bertz CT molecular complexity index is 646. The molecule has 114 valence electrons. The Morgan fingerprint density at radius 2 is 2.05 bits per heavy atom. The van der Waals surface area contributed by atoms with Gasteiger partial charge in [0.15, 0.2) is 17.5 Å². The Hall–Kier alpha value is -2.76. The Morgan fingerprint density at radius 3 is 2.86 bits per heavy atom. The van der Waals surface area contributed by atoms with E-state index in [1.165, 1.54) is 0 Å². The van der Waals surface area contributed by atoms with E-state index < -0.39 is 0 Å². The summed E-state index contributed by atoms with van der Waals surface area (Å²) in [4.78, 5) is 8.40. The van der Waals surface area contributed by atoms with Gasteiger partial charge in [0.25, 0.3) is 0 Å². The number of rotatable bonds is 4. The van der Waals surface area contributed by atoms with Gasteiger partial charge in [0, 0.05) is 19.2 Å². The molecule has 1 atom stereocenters. The van der Waals surface area contributed by atoms with Gasteiger partial charge in [-0.3, -0.25) is 4.99 Å². The van der Waals surface area contributed by atoms with E-state index in [1.807, 2.05) is 42.5 Å². The van der Waals surface area contributed by atoms with Crippen molar-refractivity contribution in [2.45, 2.75) is 12.5 Å². The summed E-state index contributed by atoms with van der Waals surface area (Å²) in [7, 11) is 0. The van der Waals surface area contributed by atoms with E-state index in [0.29, 0.717) is 24.9 Å². The lowest BCUT2D eigenvalue weighted by atomic mass is 10.2.